The second-order valence-corrected chi connectivity index (χ2v) is 6.65. The first-order valence-electron chi connectivity index (χ1n) is 7.36. The van der Waals surface area contributed by atoms with Gasteiger partial charge in [-0.3, -0.25) is 0 Å². The molecule has 0 aromatic heterocycles. The van der Waals surface area contributed by atoms with E-state index in [1.165, 1.54) is 55.1 Å². The number of hydrogen-bond acceptors (Lipinski definition) is 3. The fourth-order valence-corrected chi connectivity index (χ4v) is 3.51. The molecule has 0 saturated carbocycles. The Morgan fingerprint density at radius 1 is 1.21 bits per heavy atom. The van der Waals surface area contributed by atoms with E-state index < -0.39 is 0 Å². The maximum atomic E-state index is 3.49. The summed E-state index contributed by atoms with van der Waals surface area (Å²) in [5.41, 5.74) is 1.34. The predicted octanol–water partition coefficient (Wildman–Crippen LogP) is 3.16. The minimum atomic E-state index is 0.772. The topological polar surface area (TPSA) is 15.3 Å². The summed E-state index contributed by atoms with van der Waals surface area (Å²) >= 11 is 1.97. The Morgan fingerprint density at radius 3 is 2.79 bits per heavy atom. The average molecular weight is 278 g/mol. The van der Waals surface area contributed by atoms with Gasteiger partial charge in [-0.25, -0.2) is 0 Å². The molecule has 0 aliphatic carbocycles. The second kappa shape index (κ2) is 7.93. The molecule has 3 heteroatoms. The molecule has 1 aromatic carbocycles. The molecule has 2 nitrogen and oxygen atoms in total. The largest absolute Gasteiger partial charge is 0.317 e. The Labute approximate surface area is 122 Å². The van der Waals surface area contributed by atoms with Crippen molar-refractivity contribution in [1.29, 1.82) is 0 Å². The van der Waals surface area contributed by atoms with Crippen molar-refractivity contribution in [3.05, 3.63) is 29.8 Å². The molecule has 106 valence electrons. The molecule has 1 fully saturated rings. The van der Waals surface area contributed by atoms with Crippen LogP contribution in [0.3, 0.4) is 0 Å². The zero-order valence-corrected chi connectivity index (χ0v) is 13.0. The number of aryl methyl sites for hydroxylation is 1. The van der Waals surface area contributed by atoms with Crippen LogP contribution in [0.25, 0.3) is 0 Å². The molecule has 1 heterocycles. The van der Waals surface area contributed by atoms with E-state index in [1.54, 1.807) is 0 Å². The molecule has 1 unspecified atom stereocenters. The third kappa shape index (κ3) is 5.17. The lowest BCUT2D eigenvalue weighted by atomic mass is 10.1. The summed E-state index contributed by atoms with van der Waals surface area (Å²) in [6, 6.07) is 9.63. The van der Waals surface area contributed by atoms with E-state index in [-0.39, 0.29) is 0 Å². The second-order valence-electron chi connectivity index (χ2n) is 5.48. The maximum Gasteiger partial charge on any atom is 0.0108 e. The van der Waals surface area contributed by atoms with E-state index in [9.17, 15) is 0 Å². The molecular formula is C16H26N2S. The molecule has 1 aliphatic rings. The van der Waals surface area contributed by atoms with Crippen LogP contribution in [0.2, 0.25) is 0 Å². The van der Waals surface area contributed by atoms with Crippen LogP contribution in [0, 0.1) is 6.92 Å². The van der Waals surface area contributed by atoms with Crippen LogP contribution in [0.15, 0.2) is 29.2 Å². The van der Waals surface area contributed by atoms with Gasteiger partial charge in [-0.05, 0) is 58.5 Å². The molecule has 2 rings (SSSR count). The van der Waals surface area contributed by atoms with Gasteiger partial charge in [-0.1, -0.05) is 17.7 Å². The van der Waals surface area contributed by atoms with Crippen molar-refractivity contribution in [1.82, 2.24) is 10.2 Å². The van der Waals surface area contributed by atoms with Gasteiger partial charge in [0.2, 0.25) is 0 Å². The summed E-state index contributed by atoms with van der Waals surface area (Å²) in [5, 5.41) is 3.49. The van der Waals surface area contributed by atoms with E-state index >= 15 is 0 Å². The molecule has 19 heavy (non-hydrogen) atoms. The Kier molecular flexibility index (Phi) is 6.21. The predicted molar refractivity (Wildman–Crippen MR) is 85.0 cm³/mol. The van der Waals surface area contributed by atoms with Crippen LogP contribution in [0.1, 0.15) is 24.8 Å². The van der Waals surface area contributed by atoms with Crippen LogP contribution < -0.4 is 5.32 Å². The van der Waals surface area contributed by atoms with Crippen LogP contribution in [-0.4, -0.2) is 43.4 Å². The number of thioether (sulfide) groups is 1. The van der Waals surface area contributed by atoms with Gasteiger partial charge in [0.05, 0.1) is 0 Å². The maximum absolute atomic E-state index is 3.49. The van der Waals surface area contributed by atoms with Crippen LogP contribution in [0.4, 0.5) is 0 Å². The highest BCUT2D eigenvalue weighted by molar-refractivity contribution is 7.99. The van der Waals surface area contributed by atoms with Gasteiger partial charge in [0, 0.05) is 23.2 Å². The normalized spacial score (nSPS) is 20.5. The lowest BCUT2D eigenvalue weighted by Gasteiger charge is -2.26. The van der Waals surface area contributed by atoms with Gasteiger partial charge >= 0.3 is 0 Å². The Bertz CT molecular complexity index is 356. The fraction of sp³-hybridized carbons (Fsp3) is 0.625. The molecule has 0 bridgehead atoms. The molecule has 1 saturated heterocycles. The van der Waals surface area contributed by atoms with Crippen molar-refractivity contribution < 1.29 is 0 Å². The number of nitrogens with one attached hydrogen (secondary N) is 1. The summed E-state index contributed by atoms with van der Waals surface area (Å²) in [4.78, 5) is 3.94. The van der Waals surface area contributed by atoms with Crippen molar-refractivity contribution in [2.45, 2.75) is 37.1 Å². The first kappa shape index (κ1) is 14.9. The molecule has 0 amide bonds. The van der Waals surface area contributed by atoms with E-state index in [2.05, 4.69) is 48.5 Å². The van der Waals surface area contributed by atoms with E-state index in [0.29, 0.717) is 0 Å². The summed E-state index contributed by atoms with van der Waals surface area (Å²) < 4.78 is 0. The van der Waals surface area contributed by atoms with Gasteiger partial charge in [-0.2, -0.15) is 0 Å². The monoisotopic (exact) mass is 278 g/mol. The van der Waals surface area contributed by atoms with Gasteiger partial charge in [0.1, 0.15) is 0 Å². The molecule has 1 aliphatic heterocycles. The van der Waals surface area contributed by atoms with Gasteiger partial charge in [0.25, 0.3) is 0 Å². The van der Waals surface area contributed by atoms with Crippen molar-refractivity contribution in [3.8, 4) is 0 Å². The highest BCUT2D eigenvalue weighted by Crippen LogP contribution is 2.19. The van der Waals surface area contributed by atoms with Crippen molar-refractivity contribution >= 4 is 11.8 Å². The summed E-state index contributed by atoms with van der Waals surface area (Å²) in [6.45, 7) is 5.70. The summed E-state index contributed by atoms with van der Waals surface area (Å²) in [5.74, 6) is 1.18. The Balaban J connectivity index is 1.70. The minimum Gasteiger partial charge on any atom is -0.317 e. The molecule has 1 aromatic rings. The van der Waals surface area contributed by atoms with Crippen LogP contribution in [-0.2, 0) is 0 Å². The van der Waals surface area contributed by atoms with E-state index in [1.807, 2.05) is 11.8 Å². The number of rotatable bonds is 5. The Hall–Kier alpha value is -0.510. The van der Waals surface area contributed by atoms with Crippen LogP contribution in [0.5, 0.6) is 0 Å². The molecule has 0 radical (unpaired) electrons. The first-order chi connectivity index (χ1) is 9.25. The zero-order valence-electron chi connectivity index (χ0n) is 12.2. The standard InChI is InChI=1S/C16H26N2S/c1-14-5-7-16(8-6-14)19-13-12-18(2)15-4-3-10-17-11-9-15/h5-8,15,17H,3-4,9-13H2,1-2H3. The minimum absolute atomic E-state index is 0.772. The van der Waals surface area contributed by atoms with Crippen molar-refractivity contribution in [2.24, 2.45) is 0 Å². The lowest BCUT2D eigenvalue weighted by molar-refractivity contribution is 0.237. The van der Waals surface area contributed by atoms with Crippen molar-refractivity contribution in [3.63, 3.8) is 0 Å². The SMILES string of the molecule is Cc1ccc(SCCN(C)C2CCCNCC2)cc1. The van der Waals surface area contributed by atoms with E-state index in [4.69, 9.17) is 0 Å². The highest BCUT2D eigenvalue weighted by Gasteiger charge is 2.16. The molecule has 1 atom stereocenters. The van der Waals surface area contributed by atoms with Crippen molar-refractivity contribution in [2.75, 3.05) is 32.4 Å². The van der Waals surface area contributed by atoms with Gasteiger partial charge in [-0.15, -0.1) is 11.8 Å². The highest BCUT2D eigenvalue weighted by atomic mass is 32.2. The van der Waals surface area contributed by atoms with Gasteiger partial charge in [0.15, 0.2) is 0 Å². The molecule has 1 N–H and O–H groups in total. The third-order valence-electron chi connectivity index (χ3n) is 3.90. The smallest absolute Gasteiger partial charge is 0.0108 e. The molecular weight excluding hydrogens is 252 g/mol. The first-order valence-corrected chi connectivity index (χ1v) is 8.35. The quantitative estimate of drug-likeness (QED) is 0.833. The summed E-state index contributed by atoms with van der Waals surface area (Å²) in [6.07, 6.45) is 3.96. The van der Waals surface area contributed by atoms with Crippen LogP contribution >= 0.6 is 11.8 Å². The Morgan fingerprint density at radius 2 is 2.00 bits per heavy atom. The average Bonchev–Trinajstić information content (AvgIpc) is 2.70. The number of hydrogen-bond donors (Lipinski definition) is 1. The zero-order chi connectivity index (χ0) is 13.5. The summed E-state index contributed by atoms with van der Waals surface area (Å²) in [7, 11) is 2.28. The lowest BCUT2D eigenvalue weighted by Crippen LogP contribution is -2.34. The fourth-order valence-electron chi connectivity index (χ4n) is 2.57. The van der Waals surface area contributed by atoms with E-state index in [0.717, 1.165) is 6.04 Å². The number of benzene rings is 1. The third-order valence-corrected chi connectivity index (χ3v) is 4.89. The molecule has 0 spiro atoms. The number of nitrogens with zero attached hydrogens (tertiary/aromatic N) is 1. The van der Waals surface area contributed by atoms with Gasteiger partial charge < -0.3 is 10.2 Å².